The van der Waals surface area contributed by atoms with E-state index in [1.807, 2.05) is 27.7 Å². The zero-order valence-corrected chi connectivity index (χ0v) is 14.5. The molecule has 1 atom stereocenters. The van der Waals surface area contributed by atoms with Gasteiger partial charge in [0.15, 0.2) is 5.78 Å². The van der Waals surface area contributed by atoms with Gasteiger partial charge in [-0.1, -0.05) is 6.92 Å². The minimum absolute atomic E-state index is 0.00849. The quantitative estimate of drug-likeness (QED) is 0.805. The molecule has 1 heterocycles. The summed E-state index contributed by atoms with van der Waals surface area (Å²) in [5.41, 5.74) is 1.80. The number of nitrogens with zero attached hydrogens (tertiary/aromatic N) is 1. The molecule has 1 aliphatic rings. The van der Waals surface area contributed by atoms with Crippen molar-refractivity contribution in [3.8, 4) is 5.75 Å². The molecular weight excluding hydrogens is 294 g/mol. The molecular formula is C18H25NO4. The molecule has 1 unspecified atom stereocenters. The summed E-state index contributed by atoms with van der Waals surface area (Å²) in [6, 6.07) is 3.41. The SMILES string of the molecule is CC(=O)c1cc2c(cc1O)CCN(C(=O)OC(C)(C)C)CC2C. The summed E-state index contributed by atoms with van der Waals surface area (Å²) < 4.78 is 5.45. The summed E-state index contributed by atoms with van der Waals surface area (Å²) >= 11 is 0. The summed E-state index contributed by atoms with van der Waals surface area (Å²) in [7, 11) is 0. The van der Waals surface area contributed by atoms with Gasteiger partial charge in [0.1, 0.15) is 11.4 Å². The van der Waals surface area contributed by atoms with Gasteiger partial charge in [0.05, 0.1) is 5.56 Å². The largest absolute Gasteiger partial charge is 0.507 e. The first-order valence-corrected chi connectivity index (χ1v) is 7.93. The monoisotopic (exact) mass is 319 g/mol. The summed E-state index contributed by atoms with van der Waals surface area (Å²) in [5.74, 6) is -0.0846. The van der Waals surface area contributed by atoms with E-state index in [0.29, 0.717) is 25.1 Å². The molecule has 0 saturated heterocycles. The number of carbonyl (C=O) groups is 2. The van der Waals surface area contributed by atoms with Crippen molar-refractivity contribution in [1.29, 1.82) is 0 Å². The van der Waals surface area contributed by atoms with Crippen LogP contribution in [0.15, 0.2) is 12.1 Å². The normalized spacial score (nSPS) is 18.1. The van der Waals surface area contributed by atoms with E-state index in [0.717, 1.165) is 11.1 Å². The smallest absolute Gasteiger partial charge is 0.410 e. The van der Waals surface area contributed by atoms with Crippen molar-refractivity contribution in [2.45, 2.75) is 52.6 Å². The molecule has 0 aliphatic carbocycles. The maximum Gasteiger partial charge on any atom is 0.410 e. The summed E-state index contributed by atoms with van der Waals surface area (Å²) in [6.07, 6.45) is 0.304. The molecule has 126 valence electrons. The van der Waals surface area contributed by atoms with E-state index in [-0.39, 0.29) is 23.5 Å². The zero-order valence-electron chi connectivity index (χ0n) is 14.5. The minimum atomic E-state index is -0.528. The molecule has 1 N–H and O–H groups in total. The predicted molar refractivity (Wildman–Crippen MR) is 88.0 cm³/mol. The topological polar surface area (TPSA) is 66.8 Å². The molecule has 0 radical (unpaired) electrons. The van der Waals surface area contributed by atoms with E-state index in [1.54, 1.807) is 17.0 Å². The van der Waals surface area contributed by atoms with Crippen LogP contribution >= 0.6 is 0 Å². The number of ketones is 1. The van der Waals surface area contributed by atoms with Gasteiger partial charge in [-0.25, -0.2) is 4.79 Å². The van der Waals surface area contributed by atoms with Gasteiger partial charge in [-0.05, 0) is 63.3 Å². The number of ether oxygens (including phenoxy) is 1. The average Bonchev–Trinajstić information content (AvgIpc) is 2.55. The van der Waals surface area contributed by atoms with E-state index in [4.69, 9.17) is 4.74 Å². The number of fused-ring (bicyclic) bond motifs is 1. The second kappa shape index (κ2) is 6.22. The minimum Gasteiger partial charge on any atom is -0.507 e. The Kier molecular flexibility index (Phi) is 4.68. The Bertz CT molecular complexity index is 631. The number of aromatic hydroxyl groups is 1. The number of hydrogen-bond donors (Lipinski definition) is 1. The molecule has 0 aromatic heterocycles. The number of rotatable bonds is 1. The highest BCUT2D eigenvalue weighted by Crippen LogP contribution is 2.31. The van der Waals surface area contributed by atoms with Crippen molar-refractivity contribution in [1.82, 2.24) is 4.90 Å². The highest BCUT2D eigenvalue weighted by atomic mass is 16.6. The maximum atomic E-state index is 12.3. The maximum absolute atomic E-state index is 12.3. The van der Waals surface area contributed by atoms with Crippen LogP contribution in [0.1, 0.15) is 62.0 Å². The highest BCUT2D eigenvalue weighted by Gasteiger charge is 2.28. The molecule has 1 amide bonds. The van der Waals surface area contributed by atoms with E-state index >= 15 is 0 Å². The van der Waals surface area contributed by atoms with Gasteiger partial charge < -0.3 is 14.7 Å². The summed E-state index contributed by atoms with van der Waals surface area (Å²) in [4.78, 5) is 25.6. The van der Waals surface area contributed by atoms with Crippen molar-refractivity contribution in [2.75, 3.05) is 13.1 Å². The number of phenolic OH excluding ortho intramolecular Hbond substituents is 1. The van der Waals surface area contributed by atoms with E-state index in [9.17, 15) is 14.7 Å². The first-order valence-electron chi connectivity index (χ1n) is 7.93. The van der Waals surface area contributed by atoms with E-state index in [2.05, 4.69) is 0 Å². The van der Waals surface area contributed by atoms with E-state index < -0.39 is 5.60 Å². The lowest BCUT2D eigenvalue weighted by Crippen LogP contribution is -2.38. The van der Waals surface area contributed by atoms with Gasteiger partial charge in [0, 0.05) is 13.1 Å². The Hall–Kier alpha value is -2.04. The third-order valence-electron chi connectivity index (χ3n) is 3.96. The van der Waals surface area contributed by atoms with Gasteiger partial charge in [-0.15, -0.1) is 0 Å². The van der Waals surface area contributed by atoms with Crippen LogP contribution in [0.2, 0.25) is 0 Å². The number of phenols is 1. The molecule has 1 aromatic rings. The zero-order chi connectivity index (χ0) is 17.4. The van der Waals surface area contributed by atoms with Crippen molar-refractivity contribution in [3.05, 3.63) is 28.8 Å². The Balaban J connectivity index is 2.26. The lowest BCUT2D eigenvalue weighted by atomic mass is 9.92. The van der Waals surface area contributed by atoms with Crippen LogP contribution in [0, 0.1) is 0 Å². The summed E-state index contributed by atoms with van der Waals surface area (Å²) in [6.45, 7) is 10.1. The number of amides is 1. The van der Waals surface area contributed by atoms with Crippen LogP contribution in [-0.2, 0) is 11.2 Å². The van der Waals surface area contributed by atoms with Gasteiger partial charge in [-0.2, -0.15) is 0 Å². The lowest BCUT2D eigenvalue weighted by molar-refractivity contribution is 0.0248. The molecule has 0 fully saturated rings. The second-order valence-electron chi connectivity index (χ2n) is 7.20. The van der Waals surface area contributed by atoms with Crippen LogP contribution in [0.3, 0.4) is 0 Å². The van der Waals surface area contributed by atoms with Gasteiger partial charge in [0.2, 0.25) is 0 Å². The van der Waals surface area contributed by atoms with Crippen LogP contribution in [0.4, 0.5) is 4.79 Å². The Morgan fingerprint density at radius 3 is 2.52 bits per heavy atom. The molecule has 5 heteroatoms. The first kappa shape index (κ1) is 17.3. The number of carbonyl (C=O) groups excluding carboxylic acids is 2. The predicted octanol–water partition coefficient (Wildman–Crippen LogP) is 3.49. The van der Waals surface area contributed by atoms with Crippen molar-refractivity contribution < 1.29 is 19.4 Å². The fourth-order valence-corrected chi connectivity index (χ4v) is 2.87. The van der Waals surface area contributed by atoms with Crippen molar-refractivity contribution >= 4 is 11.9 Å². The third kappa shape index (κ3) is 4.03. The average molecular weight is 319 g/mol. The van der Waals surface area contributed by atoms with Gasteiger partial charge in [-0.3, -0.25) is 4.79 Å². The Labute approximate surface area is 137 Å². The van der Waals surface area contributed by atoms with Crippen molar-refractivity contribution in [2.24, 2.45) is 0 Å². The molecule has 5 nitrogen and oxygen atoms in total. The first-order chi connectivity index (χ1) is 10.6. The molecule has 23 heavy (non-hydrogen) atoms. The molecule has 0 saturated carbocycles. The summed E-state index contributed by atoms with van der Waals surface area (Å²) in [5, 5.41) is 10.0. The number of hydrogen-bond acceptors (Lipinski definition) is 4. The van der Waals surface area contributed by atoms with Gasteiger partial charge >= 0.3 is 6.09 Å². The molecule has 0 bridgehead atoms. The Morgan fingerprint density at radius 1 is 1.30 bits per heavy atom. The lowest BCUT2D eigenvalue weighted by Gasteiger charge is -2.27. The van der Waals surface area contributed by atoms with E-state index in [1.165, 1.54) is 6.92 Å². The number of Topliss-reactive ketones (excluding diaryl/α,β-unsaturated/α-hetero) is 1. The molecule has 0 spiro atoms. The number of benzene rings is 1. The molecule has 2 rings (SSSR count). The van der Waals surface area contributed by atoms with Crippen LogP contribution < -0.4 is 0 Å². The van der Waals surface area contributed by atoms with Crippen LogP contribution in [0.25, 0.3) is 0 Å². The fraction of sp³-hybridized carbons (Fsp3) is 0.556. The molecule has 1 aromatic carbocycles. The standard InChI is InChI=1S/C18H25NO4/c1-11-10-19(17(22)23-18(3,4)5)7-6-13-8-16(21)15(12(2)20)9-14(11)13/h8-9,11,21H,6-7,10H2,1-5H3. The second-order valence-corrected chi connectivity index (χ2v) is 7.20. The fourth-order valence-electron chi connectivity index (χ4n) is 2.87. The highest BCUT2D eigenvalue weighted by molar-refractivity contribution is 5.97. The van der Waals surface area contributed by atoms with Crippen LogP contribution in [-0.4, -0.2) is 40.6 Å². The Morgan fingerprint density at radius 2 is 1.96 bits per heavy atom. The third-order valence-corrected chi connectivity index (χ3v) is 3.96. The van der Waals surface area contributed by atoms with Gasteiger partial charge in [0.25, 0.3) is 0 Å². The van der Waals surface area contributed by atoms with Crippen LogP contribution in [0.5, 0.6) is 5.75 Å². The molecule has 1 aliphatic heterocycles. The van der Waals surface area contributed by atoms with Crippen molar-refractivity contribution in [3.63, 3.8) is 0 Å².